The summed E-state index contributed by atoms with van der Waals surface area (Å²) in [5, 5.41) is 3.43. The summed E-state index contributed by atoms with van der Waals surface area (Å²) in [6, 6.07) is 1.51. The zero-order valence-electron chi connectivity index (χ0n) is 11.7. The van der Waals surface area contributed by atoms with Crippen molar-refractivity contribution in [2.24, 2.45) is 0 Å². The largest absolute Gasteiger partial charge is 0.469 e. The predicted octanol–water partition coefficient (Wildman–Crippen LogP) is 1.54. The molecule has 0 bridgehead atoms. The third-order valence-electron chi connectivity index (χ3n) is 4.38. The number of carbonyl (C=O) groups is 1. The Bertz CT molecular complexity index is 277. The van der Waals surface area contributed by atoms with Crippen molar-refractivity contribution in [2.75, 3.05) is 20.2 Å². The highest BCUT2D eigenvalue weighted by Crippen LogP contribution is 2.28. The maximum atomic E-state index is 11.5. The molecule has 2 rings (SSSR count). The Kier molecular flexibility index (Phi) is 5.01. The molecule has 0 aromatic carbocycles. The molecule has 4 nitrogen and oxygen atoms in total. The van der Waals surface area contributed by atoms with Crippen LogP contribution in [-0.2, 0) is 9.53 Å². The smallest absolute Gasteiger partial charge is 0.307 e. The lowest BCUT2D eigenvalue weighted by Crippen LogP contribution is -2.60. The minimum atomic E-state index is -0.0864. The van der Waals surface area contributed by atoms with Crippen molar-refractivity contribution in [3.63, 3.8) is 0 Å². The summed E-state index contributed by atoms with van der Waals surface area (Å²) in [6.07, 6.45) is 7.16. The molecule has 2 fully saturated rings. The van der Waals surface area contributed by atoms with E-state index in [0.717, 1.165) is 13.1 Å². The van der Waals surface area contributed by atoms with E-state index in [1.165, 1.54) is 39.2 Å². The average Bonchev–Trinajstić information content (AvgIpc) is 2.40. The Labute approximate surface area is 110 Å². The Morgan fingerprint density at radius 1 is 1.28 bits per heavy atom. The predicted molar refractivity (Wildman–Crippen MR) is 71.5 cm³/mol. The van der Waals surface area contributed by atoms with Crippen LogP contribution >= 0.6 is 0 Å². The molecule has 2 unspecified atom stereocenters. The van der Waals surface area contributed by atoms with Gasteiger partial charge in [0, 0.05) is 31.2 Å². The van der Waals surface area contributed by atoms with Crippen LogP contribution in [0.2, 0.25) is 0 Å². The van der Waals surface area contributed by atoms with Crippen LogP contribution in [0.25, 0.3) is 0 Å². The van der Waals surface area contributed by atoms with E-state index >= 15 is 0 Å². The first-order valence-electron chi connectivity index (χ1n) is 7.27. The first kappa shape index (κ1) is 13.8. The first-order chi connectivity index (χ1) is 8.72. The molecule has 1 aliphatic heterocycles. The van der Waals surface area contributed by atoms with E-state index < -0.39 is 0 Å². The van der Waals surface area contributed by atoms with Gasteiger partial charge in [-0.3, -0.25) is 9.69 Å². The number of nitrogens with one attached hydrogen (secondary N) is 1. The SMILES string of the molecule is COC(=O)CC1CNCC(C)N1C1CCCCC1. The Morgan fingerprint density at radius 3 is 2.67 bits per heavy atom. The number of hydrogen-bond acceptors (Lipinski definition) is 4. The van der Waals surface area contributed by atoms with Crippen molar-refractivity contribution in [1.82, 2.24) is 10.2 Å². The van der Waals surface area contributed by atoms with Gasteiger partial charge >= 0.3 is 5.97 Å². The van der Waals surface area contributed by atoms with Gasteiger partial charge in [0.05, 0.1) is 13.5 Å². The fourth-order valence-corrected chi connectivity index (χ4v) is 3.52. The molecule has 2 aliphatic rings. The molecule has 2 atom stereocenters. The summed E-state index contributed by atoms with van der Waals surface area (Å²) in [7, 11) is 1.48. The molecular weight excluding hydrogens is 228 g/mol. The molecule has 0 spiro atoms. The van der Waals surface area contributed by atoms with Crippen molar-refractivity contribution in [3.8, 4) is 0 Å². The van der Waals surface area contributed by atoms with E-state index in [0.29, 0.717) is 24.5 Å². The number of rotatable bonds is 3. The van der Waals surface area contributed by atoms with Crippen LogP contribution in [0.3, 0.4) is 0 Å². The van der Waals surface area contributed by atoms with Gasteiger partial charge in [-0.05, 0) is 19.8 Å². The molecule has 0 aromatic rings. The van der Waals surface area contributed by atoms with Gasteiger partial charge in [0.25, 0.3) is 0 Å². The van der Waals surface area contributed by atoms with Crippen molar-refractivity contribution < 1.29 is 9.53 Å². The fourth-order valence-electron chi connectivity index (χ4n) is 3.52. The van der Waals surface area contributed by atoms with Crippen LogP contribution < -0.4 is 5.32 Å². The minimum Gasteiger partial charge on any atom is -0.469 e. The number of methoxy groups -OCH3 is 1. The van der Waals surface area contributed by atoms with Gasteiger partial charge in [0.1, 0.15) is 0 Å². The van der Waals surface area contributed by atoms with Gasteiger partial charge in [-0.1, -0.05) is 19.3 Å². The topological polar surface area (TPSA) is 41.6 Å². The van der Waals surface area contributed by atoms with E-state index in [-0.39, 0.29) is 5.97 Å². The molecule has 1 aliphatic carbocycles. The van der Waals surface area contributed by atoms with Gasteiger partial charge in [0.15, 0.2) is 0 Å². The third kappa shape index (κ3) is 3.23. The third-order valence-corrected chi connectivity index (χ3v) is 4.38. The number of esters is 1. The summed E-state index contributed by atoms with van der Waals surface area (Å²) >= 11 is 0. The summed E-state index contributed by atoms with van der Waals surface area (Å²) in [5.41, 5.74) is 0. The van der Waals surface area contributed by atoms with E-state index in [2.05, 4.69) is 17.1 Å². The molecule has 0 aromatic heterocycles. The normalized spacial score (nSPS) is 31.2. The highest BCUT2D eigenvalue weighted by molar-refractivity contribution is 5.70. The highest BCUT2D eigenvalue weighted by atomic mass is 16.5. The molecule has 0 radical (unpaired) electrons. The minimum absolute atomic E-state index is 0.0864. The number of piperazine rings is 1. The number of ether oxygens (including phenoxy) is 1. The number of nitrogens with zero attached hydrogens (tertiary/aromatic N) is 1. The number of carbonyl (C=O) groups excluding carboxylic acids is 1. The van der Waals surface area contributed by atoms with E-state index in [9.17, 15) is 4.79 Å². The summed E-state index contributed by atoms with van der Waals surface area (Å²) in [4.78, 5) is 14.1. The average molecular weight is 254 g/mol. The summed E-state index contributed by atoms with van der Waals surface area (Å²) < 4.78 is 4.83. The Morgan fingerprint density at radius 2 is 2.00 bits per heavy atom. The van der Waals surface area contributed by atoms with Gasteiger partial charge in [-0.2, -0.15) is 0 Å². The summed E-state index contributed by atoms with van der Waals surface area (Å²) in [5.74, 6) is -0.0864. The molecule has 1 heterocycles. The fraction of sp³-hybridized carbons (Fsp3) is 0.929. The van der Waals surface area contributed by atoms with Crippen LogP contribution in [0.4, 0.5) is 0 Å². The standard InChI is InChI=1S/C14H26N2O2/c1-11-9-15-10-13(8-14(17)18-2)16(11)12-6-4-3-5-7-12/h11-13,15H,3-10H2,1-2H3. The van der Waals surface area contributed by atoms with Crippen LogP contribution in [-0.4, -0.2) is 49.2 Å². The van der Waals surface area contributed by atoms with Gasteiger partial charge in [0.2, 0.25) is 0 Å². The van der Waals surface area contributed by atoms with Crippen molar-refractivity contribution in [1.29, 1.82) is 0 Å². The zero-order chi connectivity index (χ0) is 13.0. The molecule has 1 saturated carbocycles. The second-order valence-corrected chi connectivity index (χ2v) is 5.68. The van der Waals surface area contributed by atoms with Crippen LogP contribution in [0, 0.1) is 0 Å². The summed E-state index contributed by atoms with van der Waals surface area (Å²) in [6.45, 7) is 4.22. The molecule has 0 amide bonds. The van der Waals surface area contributed by atoms with Crippen LogP contribution in [0.15, 0.2) is 0 Å². The van der Waals surface area contributed by atoms with Crippen LogP contribution in [0.1, 0.15) is 45.4 Å². The van der Waals surface area contributed by atoms with Crippen LogP contribution in [0.5, 0.6) is 0 Å². The lowest BCUT2D eigenvalue weighted by atomic mass is 9.90. The first-order valence-corrected chi connectivity index (χ1v) is 7.27. The second-order valence-electron chi connectivity index (χ2n) is 5.68. The second kappa shape index (κ2) is 6.53. The molecule has 104 valence electrons. The maximum absolute atomic E-state index is 11.5. The monoisotopic (exact) mass is 254 g/mol. The molecule has 1 saturated heterocycles. The maximum Gasteiger partial charge on any atom is 0.307 e. The molecular formula is C14H26N2O2. The van der Waals surface area contributed by atoms with Crippen molar-refractivity contribution in [2.45, 2.75) is 63.6 Å². The molecule has 1 N–H and O–H groups in total. The van der Waals surface area contributed by atoms with Gasteiger partial charge in [-0.15, -0.1) is 0 Å². The highest BCUT2D eigenvalue weighted by Gasteiger charge is 2.35. The van der Waals surface area contributed by atoms with E-state index in [1.54, 1.807) is 0 Å². The number of hydrogen-bond donors (Lipinski definition) is 1. The Hall–Kier alpha value is -0.610. The zero-order valence-corrected chi connectivity index (χ0v) is 11.7. The van der Waals surface area contributed by atoms with E-state index in [4.69, 9.17) is 4.74 Å². The van der Waals surface area contributed by atoms with E-state index in [1.807, 2.05) is 0 Å². The van der Waals surface area contributed by atoms with Gasteiger partial charge < -0.3 is 10.1 Å². The molecule has 4 heteroatoms. The van der Waals surface area contributed by atoms with Gasteiger partial charge in [-0.25, -0.2) is 0 Å². The quantitative estimate of drug-likeness (QED) is 0.776. The molecule has 18 heavy (non-hydrogen) atoms. The Balaban J connectivity index is 2.02. The lowest BCUT2D eigenvalue weighted by molar-refractivity contribution is -0.143. The van der Waals surface area contributed by atoms with Crippen molar-refractivity contribution in [3.05, 3.63) is 0 Å². The van der Waals surface area contributed by atoms with Crippen molar-refractivity contribution >= 4 is 5.97 Å². The lowest BCUT2D eigenvalue weighted by Gasteiger charge is -2.46.